The lowest BCUT2D eigenvalue weighted by atomic mass is 10.3. The summed E-state index contributed by atoms with van der Waals surface area (Å²) in [6.45, 7) is 4.69. The van der Waals surface area contributed by atoms with Crippen LogP contribution in [0.25, 0.3) is 0 Å². The largest absolute Gasteiger partial charge is 0.396 e. The number of aliphatic hydroxyl groups excluding tert-OH is 2. The van der Waals surface area contributed by atoms with Crippen LogP contribution in [0, 0.1) is 0 Å². The number of hydrogen-bond donors (Lipinski definition) is 3. The van der Waals surface area contributed by atoms with Crippen LogP contribution in [0.1, 0.15) is 26.2 Å². The molecule has 0 rings (SSSR count). The Morgan fingerprint density at radius 2 is 2.14 bits per heavy atom. The summed E-state index contributed by atoms with van der Waals surface area (Å²) in [7, 11) is 0. The fourth-order valence-corrected chi connectivity index (χ4v) is 0.997. The Bertz CT molecular complexity index is 99.5. The Morgan fingerprint density at radius 3 is 2.79 bits per heavy atom. The van der Waals surface area contributed by atoms with Crippen molar-refractivity contribution in [2.24, 2.45) is 0 Å². The Morgan fingerprint density at radius 1 is 1.36 bits per heavy atom. The number of rotatable bonds is 10. The molecule has 0 radical (unpaired) electrons. The fraction of sp³-hybridized carbons (Fsp3) is 1.00. The van der Waals surface area contributed by atoms with Crippen LogP contribution in [0.2, 0.25) is 0 Å². The minimum Gasteiger partial charge on any atom is -0.396 e. The van der Waals surface area contributed by atoms with Gasteiger partial charge in [-0.3, -0.25) is 0 Å². The third-order valence-electron chi connectivity index (χ3n) is 1.84. The molecule has 0 aromatic heterocycles. The van der Waals surface area contributed by atoms with Crippen molar-refractivity contribution in [3.05, 3.63) is 0 Å². The monoisotopic (exact) mass is 205 g/mol. The van der Waals surface area contributed by atoms with Gasteiger partial charge in [-0.15, -0.1) is 0 Å². The van der Waals surface area contributed by atoms with E-state index in [1.54, 1.807) is 0 Å². The average molecular weight is 205 g/mol. The van der Waals surface area contributed by atoms with E-state index in [2.05, 4.69) is 12.2 Å². The number of nitrogens with one attached hydrogen (secondary N) is 1. The molecule has 0 aromatic rings. The number of aliphatic hydroxyl groups is 2. The maximum Gasteiger partial charge on any atom is 0.0897 e. The van der Waals surface area contributed by atoms with Gasteiger partial charge in [-0.25, -0.2) is 0 Å². The summed E-state index contributed by atoms with van der Waals surface area (Å²) < 4.78 is 5.25. The van der Waals surface area contributed by atoms with Gasteiger partial charge in [0.1, 0.15) is 0 Å². The Labute approximate surface area is 86.3 Å². The zero-order valence-electron chi connectivity index (χ0n) is 9.04. The van der Waals surface area contributed by atoms with E-state index in [0.717, 1.165) is 32.4 Å². The zero-order chi connectivity index (χ0) is 10.6. The van der Waals surface area contributed by atoms with Crippen molar-refractivity contribution in [1.82, 2.24) is 5.32 Å². The Kier molecular flexibility index (Phi) is 10.8. The van der Waals surface area contributed by atoms with Gasteiger partial charge in [-0.1, -0.05) is 13.3 Å². The molecular weight excluding hydrogens is 182 g/mol. The highest BCUT2D eigenvalue weighted by Crippen LogP contribution is 1.90. The smallest absolute Gasteiger partial charge is 0.0897 e. The molecule has 0 bridgehead atoms. The van der Waals surface area contributed by atoms with Crippen molar-refractivity contribution in [3.8, 4) is 0 Å². The van der Waals surface area contributed by atoms with E-state index >= 15 is 0 Å². The van der Waals surface area contributed by atoms with Crippen LogP contribution in [0.15, 0.2) is 0 Å². The van der Waals surface area contributed by atoms with Crippen LogP contribution in [-0.4, -0.2) is 49.2 Å². The molecule has 0 aliphatic carbocycles. The van der Waals surface area contributed by atoms with Gasteiger partial charge in [0, 0.05) is 19.8 Å². The Hall–Kier alpha value is -0.160. The summed E-state index contributed by atoms with van der Waals surface area (Å²) in [5, 5.41) is 20.9. The van der Waals surface area contributed by atoms with Crippen LogP contribution in [-0.2, 0) is 4.74 Å². The van der Waals surface area contributed by atoms with E-state index in [-0.39, 0.29) is 6.61 Å². The van der Waals surface area contributed by atoms with Gasteiger partial charge >= 0.3 is 0 Å². The summed E-state index contributed by atoms with van der Waals surface area (Å²) >= 11 is 0. The number of hydrogen-bond acceptors (Lipinski definition) is 4. The highest BCUT2D eigenvalue weighted by molar-refractivity contribution is 4.57. The lowest BCUT2D eigenvalue weighted by molar-refractivity contribution is 0.0358. The molecule has 4 nitrogen and oxygen atoms in total. The molecule has 0 spiro atoms. The van der Waals surface area contributed by atoms with E-state index in [4.69, 9.17) is 9.84 Å². The molecule has 0 fully saturated rings. The van der Waals surface area contributed by atoms with Crippen LogP contribution in [0.5, 0.6) is 0 Å². The molecule has 0 aliphatic rings. The topological polar surface area (TPSA) is 61.7 Å². The van der Waals surface area contributed by atoms with Gasteiger partial charge in [0.2, 0.25) is 0 Å². The van der Waals surface area contributed by atoms with Crippen molar-refractivity contribution < 1.29 is 14.9 Å². The molecule has 0 amide bonds. The summed E-state index contributed by atoms with van der Waals surface area (Å²) in [6, 6.07) is 0. The van der Waals surface area contributed by atoms with Crippen LogP contribution < -0.4 is 5.32 Å². The lowest BCUT2D eigenvalue weighted by Crippen LogP contribution is -2.31. The van der Waals surface area contributed by atoms with E-state index < -0.39 is 6.10 Å². The maximum absolute atomic E-state index is 9.40. The van der Waals surface area contributed by atoms with Crippen molar-refractivity contribution in [2.45, 2.75) is 32.3 Å². The molecule has 4 heteroatoms. The van der Waals surface area contributed by atoms with Crippen molar-refractivity contribution in [2.75, 3.05) is 32.9 Å². The molecule has 0 saturated carbocycles. The van der Waals surface area contributed by atoms with E-state index in [1.165, 1.54) is 0 Å². The average Bonchev–Trinajstić information content (AvgIpc) is 2.19. The second kappa shape index (κ2) is 10.9. The molecule has 1 atom stereocenters. The normalized spacial score (nSPS) is 13.1. The number of ether oxygens (including phenoxy) is 1. The summed E-state index contributed by atoms with van der Waals surface area (Å²) in [5.74, 6) is 0. The second-order valence-corrected chi connectivity index (χ2v) is 3.36. The first-order chi connectivity index (χ1) is 6.81. The van der Waals surface area contributed by atoms with Gasteiger partial charge in [0.15, 0.2) is 0 Å². The van der Waals surface area contributed by atoms with Crippen molar-refractivity contribution >= 4 is 0 Å². The van der Waals surface area contributed by atoms with E-state index in [0.29, 0.717) is 13.2 Å². The van der Waals surface area contributed by atoms with Gasteiger partial charge in [0.05, 0.1) is 12.7 Å². The molecular formula is C10H23NO3. The first-order valence-electron chi connectivity index (χ1n) is 5.38. The van der Waals surface area contributed by atoms with Crippen molar-refractivity contribution in [1.29, 1.82) is 0 Å². The van der Waals surface area contributed by atoms with Crippen LogP contribution in [0.4, 0.5) is 0 Å². The molecule has 0 aliphatic heterocycles. The summed E-state index contributed by atoms with van der Waals surface area (Å²) in [4.78, 5) is 0. The highest BCUT2D eigenvalue weighted by Gasteiger charge is 2.02. The predicted molar refractivity (Wildman–Crippen MR) is 56.3 cm³/mol. The quantitative estimate of drug-likeness (QED) is 0.444. The zero-order valence-corrected chi connectivity index (χ0v) is 9.04. The van der Waals surface area contributed by atoms with Crippen molar-refractivity contribution in [3.63, 3.8) is 0 Å². The molecule has 0 saturated heterocycles. The third kappa shape index (κ3) is 9.92. The van der Waals surface area contributed by atoms with E-state index in [1.807, 2.05) is 0 Å². The molecule has 0 aromatic carbocycles. The maximum atomic E-state index is 9.40. The van der Waals surface area contributed by atoms with Gasteiger partial charge in [0.25, 0.3) is 0 Å². The summed E-state index contributed by atoms with van der Waals surface area (Å²) in [5.41, 5.74) is 0. The fourth-order valence-electron chi connectivity index (χ4n) is 0.997. The minimum atomic E-state index is -0.439. The Balaban J connectivity index is 3.07. The molecule has 14 heavy (non-hydrogen) atoms. The predicted octanol–water partition coefficient (Wildman–Crippen LogP) is 0.136. The second-order valence-electron chi connectivity index (χ2n) is 3.36. The first kappa shape index (κ1) is 13.8. The highest BCUT2D eigenvalue weighted by atomic mass is 16.5. The molecule has 0 heterocycles. The van der Waals surface area contributed by atoms with Crippen LogP contribution in [0.3, 0.4) is 0 Å². The van der Waals surface area contributed by atoms with Gasteiger partial charge in [-0.2, -0.15) is 0 Å². The first-order valence-corrected chi connectivity index (χ1v) is 5.38. The third-order valence-corrected chi connectivity index (χ3v) is 1.84. The molecule has 3 N–H and O–H groups in total. The molecule has 1 unspecified atom stereocenters. The molecule has 86 valence electrons. The van der Waals surface area contributed by atoms with Gasteiger partial charge < -0.3 is 20.3 Å². The van der Waals surface area contributed by atoms with Crippen LogP contribution >= 0.6 is 0 Å². The minimum absolute atomic E-state index is 0.191. The standard InChI is InChI=1S/C10H23NO3/c1-2-3-7-14-9-10(13)8-11-5-4-6-12/h10-13H,2-9H2,1H3. The van der Waals surface area contributed by atoms with Gasteiger partial charge in [-0.05, 0) is 19.4 Å². The SMILES string of the molecule is CCCCOCC(O)CNCCCO. The summed E-state index contributed by atoms with van der Waals surface area (Å²) in [6.07, 6.45) is 2.45. The lowest BCUT2D eigenvalue weighted by Gasteiger charge is -2.11. The number of unbranched alkanes of at least 4 members (excludes halogenated alkanes) is 1. The van der Waals surface area contributed by atoms with E-state index in [9.17, 15) is 5.11 Å².